The van der Waals surface area contributed by atoms with Crippen molar-refractivity contribution < 1.29 is 14.3 Å². The third kappa shape index (κ3) is 7.93. The average molecular weight is 616 g/mol. The second kappa shape index (κ2) is 13.9. The zero-order chi connectivity index (χ0) is 28.8. The molecule has 0 aliphatic carbocycles. The average Bonchev–Trinajstić information content (AvgIpc) is 3.48. The maximum absolute atomic E-state index is 13.2. The van der Waals surface area contributed by atoms with Gasteiger partial charge in [-0.05, 0) is 73.4 Å². The largest absolute Gasteiger partial charge is 0.377 e. The van der Waals surface area contributed by atoms with E-state index in [9.17, 15) is 9.59 Å². The molecule has 2 fully saturated rings. The predicted molar refractivity (Wildman–Crippen MR) is 166 cm³/mol. The lowest BCUT2D eigenvalue weighted by molar-refractivity contribution is 0.0713. The Kier molecular flexibility index (Phi) is 10.1. The minimum absolute atomic E-state index is 0.235. The summed E-state index contributed by atoms with van der Waals surface area (Å²) in [6, 6.07) is 17.6. The topological polar surface area (TPSA) is 73.9 Å². The van der Waals surface area contributed by atoms with E-state index in [0.29, 0.717) is 51.0 Å². The molecule has 41 heavy (non-hydrogen) atoms. The number of nitrogens with one attached hydrogen (secondary N) is 2. The molecule has 2 heterocycles. The molecule has 2 aliphatic heterocycles. The van der Waals surface area contributed by atoms with Crippen LogP contribution in [0.4, 0.5) is 11.4 Å². The molecule has 0 radical (unpaired) electrons. The quantitative estimate of drug-likeness (QED) is 0.301. The van der Waals surface area contributed by atoms with E-state index in [-0.39, 0.29) is 11.8 Å². The summed E-state index contributed by atoms with van der Waals surface area (Å²) >= 11 is 18.4. The van der Waals surface area contributed by atoms with Gasteiger partial charge in [0.1, 0.15) is 0 Å². The van der Waals surface area contributed by atoms with Crippen LogP contribution < -0.4 is 15.5 Å². The Bertz CT molecular complexity index is 1390. The number of hydrogen-bond acceptors (Lipinski definition) is 5. The predicted octanol–water partition coefficient (Wildman–Crippen LogP) is 6.17. The standard InChI is InChI=1S/C31H33Cl3N4O3/c32-24-4-1-3-22(17-24)31(40)36-28-18-23(30(39)35-11-10-21-6-8-25(33)19-27(21)34)7-9-29(28)38-14-12-37(13-15-38)20-26-5-2-16-41-26/h1,3-4,6-9,17-19,26H,2,5,10-16,20H2,(H,35,39)(H,36,40). The Morgan fingerprint density at radius 1 is 0.878 bits per heavy atom. The number of benzene rings is 3. The summed E-state index contributed by atoms with van der Waals surface area (Å²) in [7, 11) is 0. The van der Waals surface area contributed by atoms with Gasteiger partial charge < -0.3 is 20.3 Å². The molecule has 0 bridgehead atoms. The van der Waals surface area contributed by atoms with E-state index in [2.05, 4.69) is 20.4 Å². The Morgan fingerprint density at radius 2 is 1.66 bits per heavy atom. The van der Waals surface area contributed by atoms with Crippen molar-refractivity contribution in [2.75, 3.05) is 56.1 Å². The van der Waals surface area contributed by atoms with Gasteiger partial charge in [-0.3, -0.25) is 14.5 Å². The monoisotopic (exact) mass is 614 g/mol. The van der Waals surface area contributed by atoms with Gasteiger partial charge in [0.05, 0.1) is 17.5 Å². The van der Waals surface area contributed by atoms with Crippen molar-refractivity contribution in [3.63, 3.8) is 0 Å². The minimum Gasteiger partial charge on any atom is -0.377 e. The van der Waals surface area contributed by atoms with Gasteiger partial charge in [0.2, 0.25) is 0 Å². The number of nitrogens with zero attached hydrogens (tertiary/aromatic N) is 2. The lowest BCUT2D eigenvalue weighted by Crippen LogP contribution is -2.48. The molecule has 10 heteroatoms. The fraction of sp³-hybridized carbons (Fsp3) is 0.355. The number of rotatable bonds is 9. The van der Waals surface area contributed by atoms with E-state index < -0.39 is 0 Å². The van der Waals surface area contributed by atoms with E-state index in [0.717, 1.165) is 63.4 Å². The van der Waals surface area contributed by atoms with Crippen molar-refractivity contribution in [1.82, 2.24) is 10.2 Å². The van der Waals surface area contributed by atoms with Gasteiger partial charge in [-0.2, -0.15) is 0 Å². The highest BCUT2D eigenvalue weighted by Crippen LogP contribution is 2.30. The van der Waals surface area contributed by atoms with Gasteiger partial charge in [0, 0.05) is 72.1 Å². The molecular formula is C31H33Cl3N4O3. The summed E-state index contributed by atoms with van der Waals surface area (Å²) in [5.74, 6) is -0.526. The molecule has 0 aromatic heterocycles. The highest BCUT2D eigenvalue weighted by atomic mass is 35.5. The van der Waals surface area contributed by atoms with Gasteiger partial charge in [-0.25, -0.2) is 0 Å². The first-order chi connectivity index (χ1) is 19.9. The van der Waals surface area contributed by atoms with Crippen LogP contribution in [-0.4, -0.2) is 68.7 Å². The summed E-state index contributed by atoms with van der Waals surface area (Å²) < 4.78 is 5.82. The molecule has 1 atom stereocenters. The number of anilines is 2. The van der Waals surface area contributed by atoms with Crippen LogP contribution in [-0.2, 0) is 11.2 Å². The highest BCUT2D eigenvalue weighted by molar-refractivity contribution is 6.35. The molecule has 0 saturated carbocycles. The van der Waals surface area contributed by atoms with Crippen molar-refractivity contribution in [3.05, 3.63) is 92.4 Å². The van der Waals surface area contributed by atoms with Crippen LogP contribution in [0, 0.1) is 0 Å². The molecule has 2 aliphatic rings. The summed E-state index contributed by atoms with van der Waals surface area (Å²) in [6.07, 6.45) is 3.14. The third-order valence-electron chi connectivity index (χ3n) is 7.49. The van der Waals surface area contributed by atoms with E-state index in [4.69, 9.17) is 39.5 Å². The maximum atomic E-state index is 13.2. The van der Waals surface area contributed by atoms with Crippen molar-refractivity contribution >= 4 is 58.0 Å². The van der Waals surface area contributed by atoms with Crippen molar-refractivity contribution in [3.8, 4) is 0 Å². The summed E-state index contributed by atoms with van der Waals surface area (Å²) in [5, 5.41) is 7.60. The van der Waals surface area contributed by atoms with E-state index in [1.165, 1.54) is 0 Å². The third-order valence-corrected chi connectivity index (χ3v) is 8.31. The van der Waals surface area contributed by atoms with Crippen LogP contribution in [0.5, 0.6) is 0 Å². The van der Waals surface area contributed by atoms with Gasteiger partial charge in [-0.1, -0.05) is 46.9 Å². The molecule has 3 aromatic rings. The van der Waals surface area contributed by atoms with Crippen LogP contribution in [0.25, 0.3) is 0 Å². The molecule has 7 nitrogen and oxygen atoms in total. The van der Waals surface area contributed by atoms with Crippen LogP contribution in [0.1, 0.15) is 39.1 Å². The molecule has 5 rings (SSSR count). The van der Waals surface area contributed by atoms with E-state index >= 15 is 0 Å². The highest BCUT2D eigenvalue weighted by Gasteiger charge is 2.25. The molecule has 3 aromatic carbocycles. The number of ether oxygens (including phenoxy) is 1. The minimum atomic E-state index is -0.291. The summed E-state index contributed by atoms with van der Waals surface area (Å²) in [4.78, 5) is 31.0. The number of amides is 2. The molecule has 2 amide bonds. The van der Waals surface area contributed by atoms with Crippen LogP contribution >= 0.6 is 34.8 Å². The number of carbonyl (C=O) groups is 2. The molecule has 1 unspecified atom stereocenters. The number of halogens is 3. The Balaban J connectivity index is 1.29. The van der Waals surface area contributed by atoms with Gasteiger partial charge in [0.25, 0.3) is 11.8 Å². The van der Waals surface area contributed by atoms with Gasteiger partial charge >= 0.3 is 0 Å². The first kappa shape index (κ1) is 29.7. The van der Waals surface area contributed by atoms with E-state index in [1.807, 2.05) is 12.1 Å². The maximum Gasteiger partial charge on any atom is 0.255 e. The SMILES string of the molecule is O=C(NCCc1ccc(Cl)cc1Cl)c1ccc(N2CCN(CC3CCCO3)CC2)c(NC(=O)c2cccc(Cl)c2)c1. The fourth-order valence-corrected chi connectivity index (χ4v) is 5.96. The summed E-state index contributed by atoms with van der Waals surface area (Å²) in [5.41, 5.74) is 3.26. The Hall–Kier alpha value is -2.81. The fourth-order valence-electron chi connectivity index (χ4n) is 5.26. The Morgan fingerprint density at radius 3 is 2.39 bits per heavy atom. The molecule has 2 saturated heterocycles. The Labute approximate surface area is 255 Å². The number of piperazine rings is 1. The first-order valence-corrected chi connectivity index (χ1v) is 15.0. The molecule has 216 valence electrons. The number of hydrogen-bond donors (Lipinski definition) is 2. The zero-order valence-corrected chi connectivity index (χ0v) is 24.9. The van der Waals surface area contributed by atoms with Crippen LogP contribution in [0.2, 0.25) is 15.1 Å². The number of carbonyl (C=O) groups excluding carboxylic acids is 2. The van der Waals surface area contributed by atoms with Crippen LogP contribution in [0.3, 0.4) is 0 Å². The van der Waals surface area contributed by atoms with Crippen LogP contribution in [0.15, 0.2) is 60.7 Å². The van der Waals surface area contributed by atoms with Gasteiger partial charge in [0.15, 0.2) is 0 Å². The van der Waals surface area contributed by atoms with Crippen molar-refractivity contribution in [2.45, 2.75) is 25.4 Å². The van der Waals surface area contributed by atoms with E-state index in [1.54, 1.807) is 48.5 Å². The summed E-state index contributed by atoms with van der Waals surface area (Å²) in [6.45, 7) is 5.62. The molecule has 0 spiro atoms. The second-order valence-corrected chi connectivity index (χ2v) is 11.6. The molecule has 2 N–H and O–H groups in total. The van der Waals surface area contributed by atoms with Gasteiger partial charge in [-0.15, -0.1) is 0 Å². The van der Waals surface area contributed by atoms with Crippen molar-refractivity contribution in [1.29, 1.82) is 0 Å². The second-order valence-electron chi connectivity index (χ2n) is 10.4. The first-order valence-electron chi connectivity index (χ1n) is 13.9. The molecular weight excluding hydrogens is 583 g/mol. The lowest BCUT2D eigenvalue weighted by Gasteiger charge is -2.37. The lowest BCUT2D eigenvalue weighted by atomic mass is 10.1. The normalized spacial score (nSPS) is 17.4. The smallest absolute Gasteiger partial charge is 0.255 e. The van der Waals surface area contributed by atoms with Crippen molar-refractivity contribution in [2.24, 2.45) is 0 Å². The zero-order valence-electron chi connectivity index (χ0n) is 22.7.